The molecule has 0 spiro atoms. The Hall–Kier alpha value is -2.25. The average Bonchev–Trinajstić information content (AvgIpc) is 2.76. The topological polar surface area (TPSA) is 66.0 Å². The van der Waals surface area contributed by atoms with E-state index in [0.29, 0.717) is 22.0 Å². The van der Waals surface area contributed by atoms with Crippen LogP contribution in [0.5, 0.6) is 0 Å². The summed E-state index contributed by atoms with van der Waals surface area (Å²) in [5.41, 5.74) is 0.876. The lowest BCUT2D eigenvalue weighted by molar-refractivity contribution is 0.0995. The summed E-state index contributed by atoms with van der Waals surface area (Å²) < 4.78 is 5.20. The van der Waals surface area contributed by atoms with Crippen molar-refractivity contribution < 1.29 is 9.21 Å². The molecule has 0 aliphatic rings. The summed E-state index contributed by atoms with van der Waals surface area (Å²) >= 11 is 5.87. The number of nitrogens with one attached hydrogen (secondary N) is 1. The molecule has 0 atom stereocenters. The second kappa shape index (κ2) is 4.94. The number of halogens is 1. The van der Waals surface area contributed by atoms with E-state index in [1.165, 1.54) is 6.07 Å². The molecular weight excluding hydrogens is 252 g/mol. The predicted molar refractivity (Wildman–Crippen MR) is 67.6 cm³/mol. The van der Waals surface area contributed by atoms with Crippen molar-refractivity contribution in [2.24, 2.45) is 0 Å². The minimum Gasteiger partial charge on any atom is -0.456 e. The van der Waals surface area contributed by atoms with E-state index >= 15 is 0 Å². The second-order valence-electron chi connectivity index (χ2n) is 3.67. The van der Waals surface area contributed by atoms with Gasteiger partial charge in [0.15, 0.2) is 5.76 Å². The largest absolute Gasteiger partial charge is 0.456 e. The SMILES string of the molecule is Cc1ccc(C(=O)Nc2ccc(C#N)c(Cl)c2)o1. The number of aryl methyl sites for hydroxylation is 1. The highest BCUT2D eigenvalue weighted by Crippen LogP contribution is 2.20. The molecule has 0 aliphatic carbocycles. The highest BCUT2D eigenvalue weighted by molar-refractivity contribution is 6.32. The van der Waals surface area contributed by atoms with Gasteiger partial charge in [-0.3, -0.25) is 4.79 Å². The van der Waals surface area contributed by atoms with Crippen LogP contribution < -0.4 is 5.32 Å². The molecule has 2 aromatic rings. The van der Waals surface area contributed by atoms with Crippen molar-refractivity contribution >= 4 is 23.2 Å². The molecule has 0 saturated heterocycles. The molecule has 1 aromatic heterocycles. The van der Waals surface area contributed by atoms with E-state index in [0.717, 1.165) is 0 Å². The molecule has 0 unspecified atom stereocenters. The number of carbonyl (C=O) groups excluding carboxylic acids is 1. The van der Waals surface area contributed by atoms with Gasteiger partial charge in [0, 0.05) is 5.69 Å². The second-order valence-corrected chi connectivity index (χ2v) is 4.08. The third-order valence-corrected chi connectivity index (χ3v) is 2.62. The van der Waals surface area contributed by atoms with E-state index in [4.69, 9.17) is 21.3 Å². The molecule has 0 radical (unpaired) electrons. The van der Waals surface area contributed by atoms with Gasteiger partial charge in [0.1, 0.15) is 11.8 Å². The molecule has 90 valence electrons. The Kier molecular flexibility index (Phi) is 3.35. The molecule has 1 amide bonds. The van der Waals surface area contributed by atoms with E-state index in [-0.39, 0.29) is 11.7 Å². The van der Waals surface area contributed by atoms with Crippen LogP contribution in [0.25, 0.3) is 0 Å². The number of rotatable bonds is 2. The molecule has 1 N–H and O–H groups in total. The van der Waals surface area contributed by atoms with Gasteiger partial charge in [-0.25, -0.2) is 0 Å². The summed E-state index contributed by atoms with van der Waals surface area (Å²) in [4.78, 5) is 11.8. The van der Waals surface area contributed by atoms with Gasteiger partial charge in [0.25, 0.3) is 5.91 Å². The molecule has 0 saturated carbocycles. The first-order valence-electron chi connectivity index (χ1n) is 5.17. The van der Waals surface area contributed by atoms with Gasteiger partial charge in [-0.05, 0) is 37.3 Å². The fourth-order valence-corrected chi connectivity index (χ4v) is 1.66. The summed E-state index contributed by atoms with van der Waals surface area (Å²) in [6.07, 6.45) is 0. The number of benzene rings is 1. The van der Waals surface area contributed by atoms with E-state index in [2.05, 4.69) is 5.32 Å². The quantitative estimate of drug-likeness (QED) is 0.900. The van der Waals surface area contributed by atoms with Crippen LogP contribution in [-0.4, -0.2) is 5.91 Å². The van der Waals surface area contributed by atoms with E-state index in [9.17, 15) is 4.79 Å². The smallest absolute Gasteiger partial charge is 0.291 e. The van der Waals surface area contributed by atoms with Crippen LogP contribution >= 0.6 is 11.6 Å². The first kappa shape index (κ1) is 12.2. The van der Waals surface area contributed by atoms with Gasteiger partial charge in [0.2, 0.25) is 0 Å². The van der Waals surface area contributed by atoms with Gasteiger partial charge in [-0.1, -0.05) is 11.6 Å². The van der Waals surface area contributed by atoms with Gasteiger partial charge < -0.3 is 9.73 Å². The fraction of sp³-hybridized carbons (Fsp3) is 0.0769. The molecule has 2 rings (SSSR count). The van der Waals surface area contributed by atoms with Crippen molar-refractivity contribution in [1.82, 2.24) is 0 Å². The fourth-order valence-electron chi connectivity index (χ4n) is 1.43. The normalized spacial score (nSPS) is 9.83. The molecule has 0 bridgehead atoms. The maximum Gasteiger partial charge on any atom is 0.291 e. The van der Waals surface area contributed by atoms with E-state index in [1.54, 1.807) is 31.2 Å². The first-order chi connectivity index (χ1) is 8.60. The Balaban J connectivity index is 2.17. The lowest BCUT2D eigenvalue weighted by atomic mass is 10.2. The van der Waals surface area contributed by atoms with Crippen LogP contribution in [0.2, 0.25) is 5.02 Å². The lowest BCUT2D eigenvalue weighted by Gasteiger charge is -2.04. The highest BCUT2D eigenvalue weighted by Gasteiger charge is 2.10. The van der Waals surface area contributed by atoms with Crippen LogP contribution in [0.15, 0.2) is 34.7 Å². The van der Waals surface area contributed by atoms with Crippen LogP contribution in [0.3, 0.4) is 0 Å². The van der Waals surface area contributed by atoms with Crippen molar-refractivity contribution in [3.05, 3.63) is 52.4 Å². The molecule has 0 aliphatic heterocycles. The van der Waals surface area contributed by atoms with Gasteiger partial charge >= 0.3 is 0 Å². The highest BCUT2D eigenvalue weighted by atomic mass is 35.5. The Morgan fingerprint density at radius 2 is 2.17 bits per heavy atom. The van der Waals surface area contributed by atoms with Gasteiger partial charge in [0.05, 0.1) is 10.6 Å². The van der Waals surface area contributed by atoms with Gasteiger partial charge in [-0.2, -0.15) is 5.26 Å². The Bertz CT molecular complexity index is 641. The molecule has 0 fully saturated rings. The number of hydrogen-bond acceptors (Lipinski definition) is 3. The summed E-state index contributed by atoms with van der Waals surface area (Å²) in [6, 6.07) is 9.93. The van der Waals surface area contributed by atoms with Crippen molar-refractivity contribution in [3.63, 3.8) is 0 Å². The summed E-state index contributed by atoms with van der Waals surface area (Å²) in [5.74, 6) is 0.537. The van der Waals surface area contributed by atoms with Crippen molar-refractivity contribution in [3.8, 4) is 6.07 Å². The number of nitrogens with zero attached hydrogens (tertiary/aromatic N) is 1. The molecule has 1 heterocycles. The molecule has 1 aromatic carbocycles. The number of carbonyl (C=O) groups is 1. The standard InChI is InChI=1S/C13H9ClN2O2/c1-8-2-5-12(18-8)13(17)16-10-4-3-9(7-15)11(14)6-10/h2-6H,1H3,(H,16,17). The van der Waals surface area contributed by atoms with Crippen LogP contribution in [0.4, 0.5) is 5.69 Å². The Labute approximate surface area is 109 Å². The lowest BCUT2D eigenvalue weighted by Crippen LogP contribution is -2.10. The van der Waals surface area contributed by atoms with Crippen molar-refractivity contribution in [1.29, 1.82) is 5.26 Å². The monoisotopic (exact) mass is 260 g/mol. The molecule has 18 heavy (non-hydrogen) atoms. The van der Waals surface area contributed by atoms with Crippen molar-refractivity contribution in [2.75, 3.05) is 5.32 Å². The molecular formula is C13H9ClN2O2. The summed E-state index contributed by atoms with van der Waals surface area (Å²) in [7, 11) is 0. The molecule has 4 nitrogen and oxygen atoms in total. The Morgan fingerprint density at radius 3 is 2.72 bits per heavy atom. The van der Waals surface area contributed by atoms with E-state index < -0.39 is 0 Å². The maximum atomic E-state index is 11.8. The minimum absolute atomic E-state index is 0.230. The maximum absolute atomic E-state index is 11.8. The van der Waals surface area contributed by atoms with Crippen LogP contribution in [0, 0.1) is 18.3 Å². The number of furan rings is 1. The predicted octanol–water partition coefficient (Wildman–Crippen LogP) is 3.37. The summed E-state index contributed by atoms with van der Waals surface area (Å²) in [6.45, 7) is 1.76. The first-order valence-corrected chi connectivity index (χ1v) is 5.55. The third kappa shape index (κ3) is 2.53. The zero-order chi connectivity index (χ0) is 13.1. The van der Waals surface area contributed by atoms with Crippen molar-refractivity contribution in [2.45, 2.75) is 6.92 Å². The van der Waals surface area contributed by atoms with Gasteiger partial charge in [-0.15, -0.1) is 0 Å². The number of amides is 1. The zero-order valence-corrected chi connectivity index (χ0v) is 10.3. The third-order valence-electron chi connectivity index (χ3n) is 2.31. The van der Waals surface area contributed by atoms with Crippen LogP contribution in [-0.2, 0) is 0 Å². The van der Waals surface area contributed by atoms with Crippen LogP contribution in [0.1, 0.15) is 21.9 Å². The average molecular weight is 261 g/mol. The number of anilines is 1. The number of hydrogen-bond donors (Lipinski definition) is 1. The number of nitriles is 1. The minimum atomic E-state index is -0.358. The zero-order valence-electron chi connectivity index (χ0n) is 9.53. The summed E-state index contributed by atoms with van der Waals surface area (Å²) in [5, 5.41) is 11.7. The van der Waals surface area contributed by atoms with E-state index in [1.807, 2.05) is 6.07 Å². The molecule has 5 heteroatoms. The Morgan fingerprint density at radius 1 is 1.39 bits per heavy atom.